The lowest BCUT2D eigenvalue weighted by Gasteiger charge is -2.33. The lowest BCUT2D eigenvalue weighted by molar-refractivity contribution is -0.143. The maximum atomic E-state index is 13.1. The summed E-state index contributed by atoms with van der Waals surface area (Å²) in [6.45, 7) is 7.83. The van der Waals surface area contributed by atoms with Crippen molar-refractivity contribution in [1.82, 2.24) is 10.2 Å². The first-order chi connectivity index (χ1) is 14.2. The third kappa shape index (κ3) is 7.10. The summed E-state index contributed by atoms with van der Waals surface area (Å²) < 4.78 is 10.9. The fraction of sp³-hybridized carbons (Fsp3) is 0.417. The summed E-state index contributed by atoms with van der Waals surface area (Å²) in [5.74, 6) is 0.932. The van der Waals surface area contributed by atoms with Crippen LogP contribution in [0.15, 0.2) is 54.6 Å². The van der Waals surface area contributed by atoms with Crippen molar-refractivity contribution in [2.24, 2.45) is 0 Å². The first kappa shape index (κ1) is 23.3. The Morgan fingerprint density at radius 1 is 1.00 bits per heavy atom. The normalized spacial score (nSPS) is 12.0. The quantitative estimate of drug-likeness (QED) is 0.680. The van der Waals surface area contributed by atoms with Gasteiger partial charge in [-0.15, -0.1) is 0 Å². The Bertz CT molecular complexity index is 813. The zero-order valence-electron chi connectivity index (χ0n) is 18.5. The van der Waals surface area contributed by atoms with Gasteiger partial charge in [0.05, 0.1) is 7.11 Å². The van der Waals surface area contributed by atoms with Gasteiger partial charge < -0.3 is 19.7 Å². The third-order valence-electron chi connectivity index (χ3n) is 4.50. The second-order valence-electron chi connectivity index (χ2n) is 8.13. The maximum absolute atomic E-state index is 13.1. The topological polar surface area (TPSA) is 67.9 Å². The molecular weight excluding hydrogens is 380 g/mol. The number of para-hydroxylation sites is 1. The van der Waals surface area contributed by atoms with Gasteiger partial charge in [0.1, 0.15) is 17.5 Å². The molecule has 0 saturated carbocycles. The van der Waals surface area contributed by atoms with Crippen LogP contribution < -0.4 is 14.8 Å². The highest BCUT2D eigenvalue weighted by Gasteiger charge is 2.30. The summed E-state index contributed by atoms with van der Waals surface area (Å²) in [6.07, 6.45) is 0.495. The molecule has 0 unspecified atom stereocenters. The van der Waals surface area contributed by atoms with Crippen LogP contribution in [0.3, 0.4) is 0 Å². The molecule has 0 fully saturated rings. The van der Waals surface area contributed by atoms with E-state index in [1.54, 1.807) is 24.1 Å². The highest BCUT2D eigenvalue weighted by atomic mass is 16.5. The Morgan fingerprint density at radius 2 is 1.63 bits per heavy atom. The standard InChI is InChI=1S/C24H32N2O4/c1-6-21(23(28)25-24(2,3)4)26(16-18-12-14-19(29-5)15-13-18)22(27)17-30-20-10-8-7-9-11-20/h7-15,21H,6,16-17H2,1-5H3,(H,25,28)/t21-/m1/s1. The van der Waals surface area contributed by atoms with E-state index in [4.69, 9.17) is 9.47 Å². The molecule has 0 spiro atoms. The van der Waals surface area contributed by atoms with Gasteiger partial charge in [-0.3, -0.25) is 9.59 Å². The Balaban J connectivity index is 2.22. The van der Waals surface area contributed by atoms with Crippen LogP contribution in [0.4, 0.5) is 0 Å². The minimum absolute atomic E-state index is 0.139. The van der Waals surface area contributed by atoms with Crippen LogP contribution in [0.25, 0.3) is 0 Å². The summed E-state index contributed by atoms with van der Waals surface area (Å²) in [7, 11) is 1.61. The number of methoxy groups -OCH3 is 1. The predicted molar refractivity (Wildman–Crippen MR) is 117 cm³/mol. The third-order valence-corrected chi connectivity index (χ3v) is 4.50. The van der Waals surface area contributed by atoms with E-state index in [9.17, 15) is 9.59 Å². The van der Waals surface area contributed by atoms with Crippen molar-refractivity contribution in [3.8, 4) is 11.5 Å². The van der Waals surface area contributed by atoms with E-state index < -0.39 is 6.04 Å². The molecule has 2 aromatic carbocycles. The first-order valence-corrected chi connectivity index (χ1v) is 10.2. The van der Waals surface area contributed by atoms with E-state index in [2.05, 4.69) is 5.32 Å². The molecule has 0 bridgehead atoms. The van der Waals surface area contributed by atoms with Gasteiger partial charge in [0, 0.05) is 12.1 Å². The number of carbonyl (C=O) groups excluding carboxylic acids is 2. The molecule has 0 saturated heterocycles. The van der Waals surface area contributed by atoms with Crippen molar-refractivity contribution in [3.63, 3.8) is 0 Å². The first-order valence-electron chi connectivity index (χ1n) is 10.2. The summed E-state index contributed by atoms with van der Waals surface area (Å²) >= 11 is 0. The SMILES string of the molecule is CC[C@H](C(=O)NC(C)(C)C)N(Cc1ccc(OC)cc1)C(=O)COc1ccccc1. The molecule has 1 atom stereocenters. The number of rotatable bonds is 9. The highest BCUT2D eigenvalue weighted by molar-refractivity contribution is 5.88. The number of ether oxygens (including phenoxy) is 2. The molecule has 2 amide bonds. The monoisotopic (exact) mass is 412 g/mol. The van der Waals surface area contributed by atoms with Crippen molar-refractivity contribution in [2.45, 2.75) is 52.2 Å². The van der Waals surface area contributed by atoms with Gasteiger partial charge in [-0.25, -0.2) is 0 Å². The molecule has 0 radical (unpaired) electrons. The van der Waals surface area contributed by atoms with Gasteiger partial charge in [0.2, 0.25) is 5.91 Å². The molecule has 30 heavy (non-hydrogen) atoms. The Hall–Kier alpha value is -3.02. The molecule has 0 aliphatic carbocycles. The van der Waals surface area contributed by atoms with Crippen molar-refractivity contribution < 1.29 is 19.1 Å². The van der Waals surface area contributed by atoms with Gasteiger partial charge in [-0.1, -0.05) is 37.3 Å². The van der Waals surface area contributed by atoms with Crippen molar-refractivity contribution in [1.29, 1.82) is 0 Å². The number of amides is 2. The van der Waals surface area contributed by atoms with Crippen LogP contribution in [0.1, 0.15) is 39.7 Å². The molecule has 0 aromatic heterocycles. The second kappa shape index (κ2) is 10.7. The van der Waals surface area contributed by atoms with Gasteiger partial charge in [0.15, 0.2) is 6.61 Å². The lowest BCUT2D eigenvalue weighted by Crippen LogP contribution is -2.54. The van der Waals surface area contributed by atoms with E-state index >= 15 is 0 Å². The average molecular weight is 413 g/mol. The zero-order valence-corrected chi connectivity index (χ0v) is 18.5. The zero-order chi connectivity index (χ0) is 22.1. The van der Waals surface area contributed by atoms with Gasteiger partial charge in [-0.05, 0) is 57.0 Å². The number of hydrogen-bond acceptors (Lipinski definition) is 4. The molecule has 2 aromatic rings. The number of nitrogens with zero attached hydrogens (tertiary/aromatic N) is 1. The summed E-state index contributed by atoms with van der Waals surface area (Å²) in [5, 5.41) is 2.99. The summed E-state index contributed by atoms with van der Waals surface area (Å²) in [4.78, 5) is 27.6. The fourth-order valence-electron chi connectivity index (χ4n) is 3.04. The number of hydrogen-bond donors (Lipinski definition) is 1. The Morgan fingerprint density at radius 3 is 2.17 bits per heavy atom. The molecular formula is C24H32N2O4. The summed E-state index contributed by atoms with van der Waals surface area (Å²) in [6, 6.07) is 16.0. The van der Waals surface area contributed by atoms with E-state index in [0.717, 1.165) is 11.3 Å². The van der Waals surface area contributed by atoms with Crippen LogP contribution in [0, 0.1) is 0 Å². The van der Waals surface area contributed by atoms with Gasteiger partial charge in [0.25, 0.3) is 5.91 Å². The average Bonchev–Trinajstić information content (AvgIpc) is 2.71. The molecule has 0 aliphatic rings. The highest BCUT2D eigenvalue weighted by Crippen LogP contribution is 2.17. The van der Waals surface area contributed by atoms with Crippen LogP contribution in [0.2, 0.25) is 0 Å². The van der Waals surface area contributed by atoms with Crippen molar-refractivity contribution in [2.75, 3.05) is 13.7 Å². The minimum atomic E-state index is -0.599. The van der Waals surface area contributed by atoms with Crippen LogP contribution in [-0.4, -0.2) is 42.0 Å². The molecule has 2 rings (SSSR count). The number of carbonyl (C=O) groups is 2. The van der Waals surface area contributed by atoms with E-state index in [1.165, 1.54) is 0 Å². The molecule has 1 N–H and O–H groups in total. The van der Waals surface area contributed by atoms with Crippen LogP contribution in [0.5, 0.6) is 11.5 Å². The summed E-state index contributed by atoms with van der Waals surface area (Å²) in [5.41, 5.74) is 0.519. The molecule has 6 heteroatoms. The van der Waals surface area contributed by atoms with E-state index in [1.807, 2.05) is 70.2 Å². The van der Waals surface area contributed by atoms with Crippen molar-refractivity contribution >= 4 is 11.8 Å². The van der Waals surface area contributed by atoms with Crippen molar-refractivity contribution in [3.05, 3.63) is 60.2 Å². The van der Waals surface area contributed by atoms with Crippen LogP contribution in [-0.2, 0) is 16.1 Å². The van der Waals surface area contributed by atoms with E-state index in [0.29, 0.717) is 18.7 Å². The maximum Gasteiger partial charge on any atom is 0.261 e. The number of nitrogens with one attached hydrogen (secondary N) is 1. The molecule has 6 nitrogen and oxygen atoms in total. The largest absolute Gasteiger partial charge is 0.497 e. The minimum Gasteiger partial charge on any atom is -0.497 e. The Kier molecular flexibility index (Phi) is 8.27. The smallest absolute Gasteiger partial charge is 0.261 e. The number of benzene rings is 2. The molecule has 0 aliphatic heterocycles. The lowest BCUT2D eigenvalue weighted by atomic mass is 10.1. The van der Waals surface area contributed by atoms with Gasteiger partial charge >= 0.3 is 0 Å². The molecule has 0 heterocycles. The molecule has 162 valence electrons. The fourth-order valence-corrected chi connectivity index (χ4v) is 3.04. The second-order valence-corrected chi connectivity index (χ2v) is 8.13. The van der Waals surface area contributed by atoms with Gasteiger partial charge in [-0.2, -0.15) is 0 Å². The Labute approximate surface area is 179 Å². The van der Waals surface area contributed by atoms with E-state index in [-0.39, 0.29) is 24.0 Å². The predicted octanol–water partition coefficient (Wildman–Crippen LogP) is 3.80. The van der Waals surface area contributed by atoms with Crippen LogP contribution >= 0.6 is 0 Å².